The van der Waals surface area contributed by atoms with E-state index in [9.17, 15) is 4.39 Å². The minimum Gasteiger partial charge on any atom is -0.309 e. The lowest BCUT2D eigenvalue weighted by Crippen LogP contribution is -2.27. The third kappa shape index (κ3) is 4.14. The average Bonchev–Trinajstić information content (AvgIpc) is 2.24. The fourth-order valence-electron chi connectivity index (χ4n) is 1.41. The summed E-state index contributed by atoms with van der Waals surface area (Å²) in [6.45, 7) is 2.75. The number of rotatable bonds is 5. The SMILES string of the molecule is C#CCC(CC)NCc1cccc(F)c1. The molecule has 0 aliphatic heterocycles. The molecule has 0 spiro atoms. The summed E-state index contributed by atoms with van der Waals surface area (Å²) in [7, 11) is 0. The van der Waals surface area contributed by atoms with Crippen LogP contribution in [-0.4, -0.2) is 6.04 Å². The van der Waals surface area contributed by atoms with Crippen LogP contribution in [0, 0.1) is 18.2 Å². The van der Waals surface area contributed by atoms with Gasteiger partial charge in [0, 0.05) is 19.0 Å². The van der Waals surface area contributed by atoms with Gasteiger partial charge in [-0.25, -0.2) is 4.39 Å². The van der Waals surface area contributed by atoms with Crippen molar-refractivity contribution in [2.24, 2.45) is 0 Å². The van der Waals surface area contributed by atoms with Gasteiger partial charge < -0.3 is 5.32 Å². The van der Waals surface area contributed by atoms with Gasteiger partial charge in [-0.15, -0.1) is 12.3 Å². The minimum absolute atomic E-state index is 0.195. The summed E-state index contributed by atoms with van der Waals surface area (Å²) >= 11 is 0. The van der Waals surface area contributed by atoms with Gasteiger partial charge in [-0.3, -0.25) is 0 Å². The van der Waals surface area contributed by atoms with E-state index in [0.29, 0.717) is 19.0 Å². The van der Waals surface area contributed by atoms with E-state index < -0.39 is 0 Å². The van der Waals surface area contributed by atoms with Gasteiger partial charge in [-0.2, -0.15) is 0 Å². The molecule has 2 heteroatoms. The second-order valence-electron chi connectivity index (χ2n) is 3.52. The Labute approximate surface area is 90.7 Å². The van der Waals surface area contributed by atoms with Crippen molar-refractivity contribution in [3.05, 3.63) is 35.6 Å². The van der Waals surface area contributed by atoms with E-state index in [4.69, 9.17) is 6.42 Å². The van der Waals surface area contributed by atoms with Crippen LogP contribution < -0.4 is 5.32 Å². The zero-order chi connectivity index (χ0) is 11.1. The van der Waals surface area contributed by atoms with Gasteiger partial charge in [-0.05, 0) is 24.1 Å². The molecule has 1 atom stereocenters. The van der Waals surface area contributed by atoms with Gasteiger partial charge in [0.05, 0.1) is 0 Å². The molecule has 0 radical (unpaired) electrons. The first-order chi connectivity index (χ1) is 7.26. The predicted octanol–water partition coefficient (Wildman–Crippen LogP) is 2.72. The summed E-state index contributed by atoms with van der Waals surface area (Å²) in [6.07, 6.45) is 6.95. The molecule has 0 aromatic heterocycles. The molecule has 1 aromatic rings. The van der Waals surface area contributed by atoms with E-state index in [1.165, 1.54) is 12.1 Å². The van der Waals surface area contributed by atoms with Crippen LogP contribution in [0.15, 0.2) is 24.3 Å². The van der Waals surface area contributed by atoms with Gasteiger partial charge >= 0.3 is 0 Å². The average molecular weight is 205 g/mol. The van der Waals surface area contributed by atoms with E-state index in [1.807, 2.05) is 6.07 Å². The van der Waals surface area contributed by atoms with Crippen molar-refractivity contribution in [3.63, 3.8) is 0 Å². The maximum atomic E-state index is 12.9. The highest BCUT2D eigenvalue weighted by molar-refractivity contribution is 5.16. The molecule has 1 N–H and O–H groups in total. The monoisotopic (exact) mass is 205 g/mol. The van der Waals surface area contributed by atoms with Gasteiger partial charge in [0.15, 0.2) is 0 Å². The van der Waals surface area contributed by atoms with Gasteiger partial charge in [0.25, 0.3) is 0 Å². The molecule has 0 saturated heterocycles. The number of halogens is 1. The van der Waals surface area contributed by atoms with E-state index in [2.05, 4.69) is 18.2 Å². The second kappa shape index (κ2) is 6.21. The number of hydrogen-bond donors (Lipinski definition) is 1. The molecular formula is C13H16FN. The third-order valence-corrected chi connectivity index (χ3v) is 2.34. The molecule has 0 aliphatic rings. The summed E-state index contributed by atoms with van der Waals surface area (Å²) in [6, 6.07) is 6.92. The molecule has 0 bridgehead atoms. The standard InChI is InChI=1S/C13H16FN/c1-3-6-13(4-2)15-10-11-7-5-8-12(14)9-11/h1,5,7-9,13,15H,4,6,10H2,2H3. The first-order valence-corrected chi connectivity index (χ1v) is 5.17. The largest absolute Gasteiger partial charge is 0.309 e. The van der Waals surface area contributed by atoms with Crippen molar-refractivity contribution in [1.29, 1.82) is 0 Å². The molecule has 0 amide bonds. The Morgan fingerprint density at radius 1 is 1.53 bits per heavy atom. The maximum absolute atomic E-state index is 12.9. The smallest absolute Gasteiger partial charge is 0.123 e. The van der Waals surface area contributed by atoms with Gasteiger partial charge in [0.2, 0.25) is 0 Å². The molecule has 0 aliphatic carbocycles. The van der Waals surface area contributed by atoms with E-state index in [1.54, 1.807) is 6.07 Å². The van der Waals surface area contributed by atoms with Crippen molar-refractivity contribution in [2.75, 3.05) is 0 Å². The van der Waals surface area contributed by atoms with E-state index in [-0.39, 0.29) is 5.82 Å². The fourth-order valence-corrected chi connectivity index (χ4v) is 1.41. The van der Waals surface area contributed by atoms with Gasteiger partial charge in [0.1, 0.15) is 5.82 Å². The Morgan fingerprint density at radius 2 is 2.33 bits per heavy atom. The van der Waals surface area contributed by atoms with E-state index >= 15 is 0 Å². The Hall–Kier alpha value is -1.33. The Bertz CT molecular complexity index is 341. The van der Waals surface area contributed by atoms with Crippen molar-refractivity contribution < 1.29 is 4.39 Å². The molecule has 0 heterocycles. The van der Waals surface area contributed by atoms with Crippen LogP contribution in [0.1, 0.15) is 25.3 Å². The molecule has 15 heavy (non-hydrogen) atoms. The highest BCUT2D eigenvalue weighted by Gasteiger charge is 2.03. The lowest BCUT2D eigenvalue weighted by Gasteiger charge is -2.13. The molecule has 1 unspecified atom stereocenters. The summed E-state index contributed by atoms with van der Waals surface area (Å²) in [5.41, 5.74) is 0.950. The molecular weight excluding hydrogens is 189 g/mol. The van der Waals surface area contributed by atoms with Crippen LogP contribution in [0.2, 0.25) is 0 Å². The first kappa shape index (κ1) is 11.7. The van der Waals surface area contributed by atoms with Crippen LogP contribution >= 0.6 is 0 Å². The summed E-state index contributed by atoms with van der Waals surface area (Å²) in [5, 5.41) is 3.30. The number of benzene rings is 1. The molecule has 0 saturated carbocycles. The maximum Gasteiger partial charge on any atom is 0.123 e. The van der Waals surface area contributed by atoms with Crippen LogP contribution in [0.5, 0.6) is 0 Å². The number of nitrogens with one attached hydrogen (secondary N) is 1. The Kier molecular flexibility index (Phi) is 4.86. The molecule has 1 nitrogen and oxygen atoms in total. The van der Waals surface area contributed by atoms with E-state index in [0.717, 1.165) is 12.0 Å². The Morgan fingerprint density at radius 3 is 2.93 bits per heavy atom. The summed E-state index contributed by atoms with van der Waals surface area (Å²) in [5.74, 6) is 2.43. The fraction of sp³-hybridized carbons (Fsp3) is 0.385. The molecule has 0 fully saturated rings. The number of hydrogen-bond acceptors (Lipinski definition) is 1. The van der Waals surface area contributed by atoms with Crippen LogP contribution in [0.4, 0.5) is 4.39 Å². The lowest BCUT2D eigenvalue weighted by molar-refractivity contribution is 0.505. The molecule has 1 rings (SSSR count). The van der Waals surface area contributed by atoms with Crippen molar-refractivity contribution in [2.45, 2.75) is 32.4 Å². The molecule has 1 aromatic carbocycles. The quantitative estimate of drug-likeness (QED) is 0.729. The Balaban J connectivity index is 2.46. The lowest BCUT2D eigenvalue weighted by atomic mass is 10.1. The normalized spacial score (nSPS) is 12.1. The predicted molar refractivity (Wildman–Crippen MR) is 60.8 cm³/mol. The van der Waals surface area contributed by atoms with Crippen molar-refractivity contribution in [3.8, 4) is 12.3 Å². The zero-order valence-electron chi connectivity index (χ0n) is 8.96. The topological polar surface area (TPSA) is 12.0 Å². The zero-order valence-corrected chi connectivity index (χ0v) is 8.96. The van der Waals surface area contributed by atoms with Crippen molar-refractivity contribution in [1.82, 2.24) is 5.32 Å². The second-order valence-corrected chi connectivity index (χ2v) is 3.52. The molecule has 80 valence electrons. The highest BCUT2D eigenvalue weighted by atomic mass is 19.1. The van der Waals surface area contributed by atoms with Crippen LogP contribution in [0.25, 0.3) is 0 Å². The summed E-state index contributed by atoms with van der Waals surface area (Å²) < 4.78 is 12.9. The highest BCUT2D eigenvalue weighted by Crippen LogP contribution is 2.04. The first-order valence-electron chi connectivity index (χ1n) is 5.17. The van der Waals surface area contributed by atoms with Crippen molar-refractivity contribution >= 4 is 0 Å². The number of terminal acetylenes is 1. The van der Waals surface area contributed by atoms with Crippen LogP contribution in [0.3, 0.4) is 0 Å². The summed E-state index contributed by atoms with van der Waals surface area (Å²) in [4.78, 5) is 0. The minimum atomic E-state index is -0.195. The third-order valence-electron chi connectivity index (χ3n) is 2.34. The van der Waals surface area contributed by atoms with Gasteiger partial charge in [-0.1, -0.05) is 19.1 Å². The van der Waals surface area contributed by atoms with Crippen LogP contribution in [-0.2, 0) is 6.54 Å².